The standard InChI is InChI=1S/C9H15NO5/c1-6(11)15-10-5-7(12)8(13)14-9(2,3)4/h10H,5H2,1-4H3. The largest absolute Gasteiger partial charge is 0.454 e. The lowest BCUT2D eigenvalue weighted by molar-refractivity contribution is -0.164. The first kappa shape index (κ1) is 13.6. The smallest absolute Gasteiger partial charge is 0.376 e. The summed E-state index contributed by atoms with van der Waals surface area (Å²) in [5.74, 6) is -2.35. The van der Waals surface area contributed by atoms with Crippen LogP contribution in [0.3, 0.4) is 0 Å². The molecule has 0 heterocycles. The summed E-state index contributed by atoms with van der Waals surface area (Å²) < 4.78 is 4.79. The second-order valence-corrected chi connectivity index (χ2v) is 3.84. The number of nitrogens with one attached hydrogen (secondary N) is 1. The van der Waals surface area contributed by atoms with Gasteiger partial charge in [-0.2, -0.15) is 0 Å². The number of carbonyl (C=O) groups excluding carboxylic acids is 3. The summed E-state index contributed by atoms with van der Waals surface area (Å²) in [6, 6.07) is 0. The molecule has 0 aromatic heterocycles. The van der Waals surface area contributed by atoms with Gasteiger partial charge in [-0.15, -0.1) is 5.48 Å². The zero-order chi connectivity index (χ0) is 12.1. The molecule has 0 saturated heterocycles. The van der Waals surface area contributed by atoms with Gasteiger partial charge in [-0.25, -0.2) is 4.79 Å². The first-order valence-corrected chi connectivity index (χ1v) is 4.39. The molecule has 0 aromatic carbocycles. The molecule has 86 valence electrons. The van der Waals surface area contributed by atoms with E-state index in [-0.39, 0.29) is 0 Å². The van der Waals surface area contributed by atoms with Gasteiger partial charge in [-0.1, -0.05) is 0 Å². The van der Waals surface area contributed by atoms with Gasteiger partial charge in [0.1, 0.15) is 12.1 Å². The molecule has 15 heavy (non-hydrogen) atoms. The zero-order valence-electron chi connectivity index (χ0n) is 9.25. The molecular formula is C9H15NO5. The SMILES string of the molecule is CC(=O)ONCC(=O)C(=O)OC(C)(C)C. The van der Waals surface area contributed by atoms with Crippen LogP contribution in [0, 0.1) is 0 Å². The Morgan fingerprint density at radius 1 is 1.20 bits per heavy atom. The number of hydroxylamine groups is 1. The summed E-state index contributed by atoms with van der Waals surface area (Å²) in [6.45, 7) is 5.73. The summed E-state index contributed by atoms with van der Waals surface area (Å²) in [4.78, 5) is 36.7. The number of hydrogen-bond donors (Lipinski definition) is 1. The molecule has 0 saturated carbocycles. The van der Waals surface area contributed by atoms with Crippen molar-refractivity contribution in [3.05, 3.63) is 0 Å². The van der Waals surface area contributed by atoms with Crippen LogP contribution in [0.4, 0.5) is 0 Å². The first-order chi connectivity index (χ1) is 6.72. The Morgan fingerprint density at radius 2 is 1.73 bits per heavy atom. The van der Waals surface area contributed by atoms with Crippen LogP contribution in [0.25, 0.3) is 0 Å². The third kappa shape index (κ3) is 7.63. The second kappa shape index (κ2) is 5.45. The minimum absolute atomic E-state index is 0.394. The fraction of sp³-hybridized carbons (Fsp3) is 0.667. The Balaban J connectivity index is 3.91. The van der Waals surface area contributed by atoms with Gasteiger partial charge in [0.05, 0.1) is 0 Å². The zero-order valence-corrected chi connectivity index (χ0v) is 9.25. The van der Waals surface area contributed by atoms with Crippen molar-refractivity contribution in [1.29, 1.82) is 0 Å². The minimum atomic E-state index is -0.956. The second-order valence-electron chi connectivity index (χ2n) is 3.84. The van der Waals surface area contributed by atoms with E-state index < -0.39 is 29.9 Å². The Morgan fingerprint density at radius 3 is 2.13 bits per heavy atom. The van der Waals surface area contributed by atoms with Crippen molar-refractivity contribution < 1.29 is 24.0 Å². The number of ketones is 1. The molecule has 0 amide bonds. The average Bonchev–Trinajstić information content (AvgIpc) is 1.99. The summed E-state index contributed by atoms with van der Waals surface area (Å²) in [5.41, 5.74) is 1.34. The highest BCUT2D eigenvalue weighted by Gasteiger charge is 2.22. The van der Waals surface area contributed by atoms with Gasteiger partial charge < -0.3 is 9.57 Å². The van der Waals surface area contributed by atoms with Crippen LogP contribution in [-0.2, 0) is 24.0 Å². The van der Waals surface area contributed by atoms with Crippen molar-refractivity contribution in [2.75, 3.05) is 6.54 Å². The predicted octanol–water partition coefficient (Wildman–Crippen LogP) is -0.0351. The summed E-state index contributed by atoms with van der Waals surface area (Å²) in [5, 5.41) is 0. The molecule has 0 rings (SSSR count). The van der Waals surface area contributed by atoms with Crippen molar-refractivity contribution in [2.24, 2.45) is 0 Å². The van der Waals surface area contributed by atoms with Crippen LogP contribution >= 0.6 is 0 Å². The molecule has 0 fully saturated rings. The van der Waals surface area contributed by atoms with Crippen LogP contribution in [0.2, 0.25) is 0 Å². The van der Waals surface area contributed by atoms with Crippen LogP contribution in [0.15, 0.2) is 0 Å². The molecule has 0 spiro atoms. The maximum atomic E-state index is 11.1. The van der Waals surface area contributed by atoms with Crippen molar-refractivity contribution >= 4 is 17.7 Å². The van der Waals surface area contributed by atoms with Gasteiger partial charge in [0.25, 0.3) is 5.78 Å². The quantitative estimate of drug-likeness (QED) is 0.404. The van der Waals surface area contributed by atoms with Crippen molar-refractivity contribution in [3.63, 3.8) is 0 Å². The van der Waals surface area contributed by atoms with Gasteiger partial charge in [0.2, 0.25) is 0 Å². The lowest BCUT2D eigenvalue weighted by Gasteiger charge is -2.18. The molecule has 0 aliphatic heterocycles. The van der Waals surface area contributed by atoms with Crippen LogP contribution in [0.1, 0.15) is 27.7 Å². The molecule has 1 N–H and O–H groups in total. The number of ether oxygens (including phenoxy) is 1. The molecule has 6 heteroatoms. The van der Waals surface area contributed by atoms with Crippen molar-refractivity contribution in [3.8, 4) is 0 Å². The van der Waals surface area contributed by atoms with E-state index in [1.807, 2.05) is 0 Å². The Labute approximate surface area is 87.9 Å². The van der Waals surface area contributed by atoms with Crippen LogP contribution in [0.5, 0.6) is 0 Å². The molecule has 6 nitrogen and oxygen atoms in total. The molecule has 0 aromatic rings. The Hall–Kier alpha value is -1.43. The van der Waals surface area contributed by atoms with E-state index in [0.717, 1.165) is 0 Å². The van der Waals surface area contributed by atoms with Gasteiger partial charge >= 0.3 is 11.9 Å². The average molecular weight is 217 g/mol. The molecule has 0 bridgehead atoms. The molecule has 0 atom stereocenters. The molecular weight excluding hydrogens is 202 g/mol. The summed E-state index contributed by atoms with van der Waals surface area (Å²) >= 11 is 0. The fourth-order valence-corrected chi connectivity index (χ4v) is 0.610. The number of hydrogen-bond acceptors (Lipinski definition) is 6. The molecule has 0 radical (unpaired) electrons. The minimum Gasteiger partial charge on any atom is -0.454 e. The van der Waals surface area contributed by atoms with E-state index in [0.29, 0.717) is 0 Å². The third-order valence-electron chi connectivity index (χ3n) is 1.08. The number of carbonyl (C=O) groups is 3. The monoisotopic (exact) mass is 217 g/mol. The number of esters is 1. The third-order valence-corrected chi connectivity index (χ3v) is 1.08. The highest BCUT2D eigenvalue weighted by atomic mass is 16.7. The Kier molecular flexibility index (Phi) is 4.93. The maximum absolute atomic E-state index is 11.1. The highest BCUT2D eigenvalue weighted by molar-refractivity contribution is 6.34. The predicted molar refractivity (Wildman–Crippen MR) is 50.6 cm³/mol. The summed E-state index contributed by atoms with van der Waals surface area (Å²) in [6.07, 6.45) is 0. The topological polar surface area (TPSA) is 81.7 Å². The van der Waals surface area contributed by atoms with E-state index >= 15 is 0 Å². The first-order valence-electron chi connectivity index (χ1n) is 4.39. The van der Waals surface area contributed by atoms with E-state index in [2.05, 4.69) is 10.3 Å². The number of Topliss-reactive ketones (excluding diaryl/α,β-unsaturated/α-hetero) is 1. The van der Waals surface area contributed by atoms with E-state index in [1.165, 1.54) is 6.92 Å². The molecule has 0 aliphatic carbocycles. The Bertz CT molecular complexity index is 266. The van der Waals surface area contributed by atoms with Gasteiger partial charge in [0.15, 0.2) is 0 Å². The van der Waals surface area contributed by atoms with E-state index in [4.69, 9.17) is 4.74 Å². The van der Waals surface area contributed by atoms with E-state index in [9.17, 15) is 14.4 Å². The van der Waals surface area contributed by atoms with Crippen molar-refractivity contribution in [1.82, 2.24) is 5.48 Å². The van der Waals surface area contributed by atoms with Gasteiger partial charge in [-0.05, 0) is 20.8 Å². The lowest BCUT2D eigenvalue weighted by Crippen LogP contribution is -2.35. The summed E-state index contributed by atoms with van der Waals surface area (Å²) in [7, 11) is 0. The molecule has 0 aliphatic rings. The normalized spacial score (nSPS) is 10.7. The van der Waals surface area contributed by atoms with Crippen molar-refractivity contribution in [2.45, 2.75) is 33.3 Å². The number of rotatable bonds is 4. The fourth-order valence-electron chi connectivity index (χ4n) is 0.610. The van der Waals surface area contributed by atoms with Crippen LogP contribution < -0.4 is 5.48 Å². The maximum Gasteiger partial charge on any atom is 0.376 e. The lowest BCUT2D eigenvalue weighted by atomic mass is 10.2. The molecule has 0 unspecified atom stereocenters. The van der Waals surface area contributed by atoms with Gasteiger partial charge in [-0.3, -0.25) is 9.59 Å². The van der Waals surface area contributed by atoms with Gasteiger partial charge in [0, 0.05) is 6.92 Å². The highest BCUT2D eigenvalue weighted by Crippen LogP contribution is 2.06. The van der Waals surface area contributed by atoms with E-state index in [1.54, 1.807) is 20.8 Å². The van der Waals surface area contributed by atoms with Crippen LogP contribution in [-0.4, -0.2) is 29.9 Å².